The minimum Gasteiger partial charge on any atom is -0.461 e. The van der Waals surface area contributed by atoms with Gasteiger partial charge in [-0.05, 0) is 80.2 Å². The van der Waals surface area contributed by atoms with Crippen molar-refractivity contribution in [3.63, 3.8) is 0 Å². The van der Waals surface area contributed by atoms with Crippen LogP contribution in [0.3, 0.4) is 0 Å². The molecule has 2 aromatic carbocycles. The number of amides is 1. The summed E-state index contributed by atoms with van der Waals surface area (Å²) in [7, 11) is 0. The van der Waals surface area contributed by atoms with Gasteiger partial charge in [0.05, 0.1) is 25.0 Å². The van der Waals surface area contributed by atoms with Crippen LogP contribution in [0.2, 0.25) is 0 Å². The molecule has 42 heavy (non-hydrogen) atoms. The van der Waals surface area contributed by atoms with Crippen LogP contribution < -0.4 is 0 Å². The number of carbonyl (C=O) groups is 3. The van der Waals surface area contributed by atoms with Crippen molar-refractivity contribution in [2.45, 2.75) is 45.7 Å². The number of ether oxygens (including phenoxy) is 2. The van der Waals surface area contributed by atoms with Gasteiger partial charge in [-0.2, -0.15) is 5.10 Å². The molecule has 1 aromatic heterocycles. The highest BCUT2D eigenvalue weighted by Crippen LogP contribution is 2.44. The third-order valence-electron chi connectivity index (χ3n) is 7.14. The van der Waals surface area contributed by atoms with Crippen LogP contribution in [-0.4, -0.2) is 56.8 Å². The quantitative estimate of drug-likeness (QED) is 0.356. The van der Waals surface area contributed by atoms with Crippen molar-refractivity contribution in [2.75, 3.05) is 13.2 Å². The van der Waals surface area contributed by atoms with Crippen LogP contribution in [-0.2, 0) is 20.8 Å². The molecule has 1 aliphatic heterocycles. The summed E-state index contributed by atoms with van der Waals surface area (Å²) < 4.78 is 38.4. The molecule has 0 unspecified atom stereocenters. The van der Waals surface area contributed by atoms with E-state index in [2.05, 4.69) is 10.3 Å². The Kier molecular flexibility index (Phi) is 8.51. The van der Waals surface area contributed by atoms with Crippen molar-refractivity contribution in [1.82, 2.24) is 20.0 Å². The first kappa shape index (κ1) is 28.8. The molecule has 0 radical (unpaired) electrons. The van der Waals surface area contributed by atoms with E-state index in [-0.39, 0.29) is 36.3 Å². The average Bonchev–Trinajstić information content (AvgIpc) is 3.58. The molecule has 1 fully saturated rings. The standard InChI is InChI=1S/C30H29F2N5O5/c1-3-41-29(39)26-28(30(40)42-4-2)36(35-33-26)17-24(38)37-27(19-10-14-22(32)15-11-19)23-7-5-6-20(25(23)34-37)16-18-8-12-21(31)13-9-18/h8-16,23,27H,3-7,17H2,1-2H3/b20-16+/t23-,27-/m1/s1. The average molecular weight is 578 g/mol. The summed E-state index contributed by atoms with van der Waals surface area (Å²) in [6.07, 6.45) is 4.21. The molecular weight excluding hydrogens is 548 g/mol. The molecule has 12 heteroatoms. The third kappa shape index (κ3) is 5.83. The Balaban J connectivity index is 1.52. The van der Waals surface area contributed by atoms with Crippen LogP contribution in [0.4, 0.5) is 8.78 Å². The lowest BCUT2D eigenvalue weighted by molar-refractivity contribution is -0.134. The van der Waals surface area contributed by atoms with E-state index in [1.807, 2.05) is 6.08 Å². The summed E-state index contributed by atoms with van der Waals surface area (Å²) in [4.78, 5) is 39.1. The van der Waals surface area contributed by atoms with Gasteiger partial charge < -0.3 is 9.47 Å². The van der Waals surface area contributed by atoms with Crippen LogP contribution in [0.25, 0.3) is 6.08 Å². The predicted octanol–water partition coefficient (Wildman–Crippen LogP) is 4.73. The predicted molar refractivity (Wildman–Crippen MR) is 147 cm³/mol. The number of carbonyl (C=O) groups excluding carboxylic acids is 3. The zero-order valence-electron chi connectivity index (χ0n) is 23.1. The molecule has 5 rings (SSSR count). The van der Waals surface area contributed by atoms with E-state index >= 15 is 0 Å². The molecule has 1 amide bonds. The minimum atomic E-state index is -0.876. The molecule has 2 atom stereocenters. The Morgan fingerprint density at radius 2 is 1.60 bits per heavy atom. The van der Waals surface area contributed by atoms with E-state index in [0.717, 1.165) is 28.7 Å². The van der Waals surface area contributed by atoms with E-state index in [9.17, 15) is 23.2 Å². The molecule has 10 nitrogen and oxygen atoms in total. The summed E-state index contributed by atoms with van der Waals surface area (Å²) in [6.45, 7) is 2.81. The van der Waals surface area contributed by atoms with Crippen molar-refractivity contribution in [1.29, 1.82) is 0 Å². The van der Waals surface area contributed by atoms with E-state index < -0.39 is 36.2 Å². The fourth-order valence-corrected chi connectivity index (χ4v) is 5.32. The van der Waals surface area contributed by atoms with E-state index in [1.54, 1.807) is 38.1 Å². The second-order valence-electron chi connectivity index (χ2n) is 9.83. The Labute approximate surface area is 240 Å². The lowest BCUT2D eigenvalue weighted by atomic mass is 9.77. The number of rotatable bonds is 8. The molecule has 1 saturated carbocycles. The van der Waals surface area contributed by atoms with E-state index in [4.69, 9.17) is 14.6 Å². The summed E-state index contributed by atoms with van der Waals surface area (Å²) in [6, 6.07) is 11.4. The highest BCUT2D eigenvalue weighted by molar-refractivity contribution is 6.08. The van der Waals surface area contributed by atoms with Crippen LogP contribution >= 0.6 is 0 Å². The maximum Gasteiger partial charge on any atom is 0.361 e. The second kappa shape index (κ2) is 12.4. The molecule has 2 aliphatic rings. The van der Waals surface area contributed by atoms with Gasteiger partial charge in [0.1, 0.15) is 18.2 Å². The van der Waals surface area contributed by atoms with Crippen molar-refractivity contribution in [3.8, 4) is 0 Å². The van der Waals surface area contributed by atoms with Crippen molar-refractivity contribution in [3.05, 3.63) is 88.3 Å². The monoisotopic (exact) mass is 577 g/mol. The van der Waals surface area contributed by atoms with Crippen LogP contribution in [0.5, 0.6) is 0 Å². The number of benzene rings is 2. The number of halogens is 2. The SMILES string of the molecule is CCOC(=O)c1nnn(CC(=O)N2N=C3/C(=C/c4ccc(F)cc4)CCC[C@H]3[C@H]2c2ccc(F)cc2)c1C(=O)OCC. The fourth-order valence-electron chi connectivity index (χ4n) is 5.32. The molecule has 0 spiro atoms. The first-order valence-corrected chi connectivity index (χ1v) is 13.7. The topological polar surface area (TPSA) is 116 Å². The Morgan fingerprint density at radius 3 is 2.26 bits per heavy atom. The number of hydrogen-bond acceptors (Lipinski definition) is 8. The van der Waals surface area contributed by atoms with Crippen LogP contribution in [0.1, 0.15) is 71.3 Å². The maximum absolute atomic E-state index is 13.9. The zero-order valence-corrected chi connectivity index (χ0v) is 23.1. The minimum absolute atomic E-state index is 0.0253. The molecular formula is C30H29F2N5O5. The molecule has 0 saturated heterocycles. The lowest BCUT2D eigenvalue weighted by Crippen LogP contribution is -2.34. The zero-order chi connectivity index (χ0) is 29.8. The number of allylic oxidation sites excluding steroid dienone is 1. The fraction of sp³-hybridized carbons (Fsp3) is 0.333. The van der Waals surface area contributed by atoms with Gasteiger partial charge in [-0.25, -0.2) is 28.1 Å². The van der Waals surface area contributed by atoms with Crippen molar-refractivity contribution in [2.24, 2.45) is 11.0 Å². The van der Waals surface area contributed by atoms with Gasteiger partial charge in [-0.1, -0.05) is 29.5 Å². The highest BCUT2D eigenvalue weighted by Gasteiger charge is 2.44. The molecule has 1 aliphatic carbocycles. The molecule has 3 aromatic rings. The number of fused-ring (bicyclic) bond motifs is 1. The highest BCUT2D eigenvalue weighted by atomic mass is 19.1. The summed E-state index contributed by atoms with van der Waals surface area (Å²) >= 11 is 0. The van der Waals surface area contributed by atoms with E-state index in [1.165, 1.54) is 29.3 Å². The normalized spacial score (nSPS) is 18.9. The van der Waals surface area contributed by atoms with Crippen molar-refractivity contribution >= 4 is 29.6 Å². The third-order valence-corrected chi connectivity index (χ3v) is 7.14. The summed E-state index contributed by atoms with van der Waals surface area (Å²) in [5.74, 6) is -3.21. The smallest absolute Gasteiger partial charge is 0.361 e. The molecule has 0 bridgehead atoms. The van der Waals surface area contributed by atoms with Gasteiger partial charge in [0.25, 0.3) is 5.91 Å². The molecule has 218 valence electrons. The first-order chi connectivity index (χ1) is 20.3. The van der Waals surface area contributed by atoms with Gasteiger partial charge in [0.15, 0.2) is 5.69 Å². The number of aromatic nitrogens is 3. The number of hydrogen-bond donors (Lipinski definition) is 0. The second-order valence-corrected chi connectivity index (χ2v) is 9.83. The Bertz CT molecular complexity index is 1550. The lowest BCUT2D eigenvalue weighted by Gasteiger charge is -2.29. The molecule has 2 heterocycles. The van der Waals surface area contributed by atoms with Gasteiger partial charge in [0.2, 0.25) is 5.69 Å². The summed E-state index contributed by atoms with van der Waals surface area (Å²) in [5, 5.41) is 13.8. The van der Waals surface area contributed by atoms with Gasteiger partial charge in [-0.3, -0.25) is 4.79 Å². The van der Waals surface area contributed by atoms with Crippen molar-refractivity contribution < 1.29 is 32.6 Å². The van der Waals surface area contributed by atoms with Crippen LogP contribution in [0, 0.1) is 17.6 Å². The van der Waals surface area contributed by atoms with Gasteiger partial charge >= 0.3 is 11.9 Å². The van der Waals surface area contributed by atoms with Gasteiger partial charge in [0, 0.05) is 5.92 Å². The van der Waals surface area contributed by atoms with Crippen LogP contribution in [0.15, 0.2) is 59.2 Å². The van der Waals surface area contributed by atoms with Gasteiger partial charge in [-0.15, -0.1) is 5.10 Å². The van der Waals surface area contributed by atoms with E-state index in [0.29, 0.717) is 17.7 Å². The molecule has 0 N–H and O–H groups in total. The first-order valence-electron chi connectivity index (χ1n) is 13.7. The largest absolute Gasteiger partial charge is 0.461 e. The number of esters is 2. The summed E-state index contributed by atoms with van der Waals surface area (Å²) in [5.41, 5.74) is 2.45. The Morgan fingerprint density at radius 1 is 0.952 bits per heavy atom. The maximum atomic E-state index is 13.9. The number of nitrogens with zero attached hydrogens (tertiary/aromatic N) is 5. The Hall–Kier alpha value is -4.74. The number of hydrazone groups is 1.